The third-order valence-electron chi connectivity index (χ3n) is 3.69. The number of carboxylic acids is 1. The molecule has 1 N–H and O–H groups in total. The van der Waals surface area contributed by atoms with Crippen LogP contribution in [-0.4, -0.2) is 35.0 Å². The lowest BCUT2D eigenvalue weighted by Gasteiger charge is -2.17. The zero-order chi connectivity index (χ0) is 14.0. The van der Waals surface area contributed by atoms with Crippen LogP contribution >= 0.6 is 11.3 Å². The van der Waals surface area contributed by atoms with E-state index in [1.54, 1.807) is 4.90 Å². The number of thiophene rings is 1. The number of carboxylic acid groups (broad SMARTS) is 1. The van der Waals surface area contributed by atoms with E-state index in [-0.39, 0.29) is 11.8 Å². The maximum atomic E-state index is 12.3. The van der Waals surface area contributed by atoms with Crippen molar-refractivity contribution in [2.24, 2.45) is 5.92 Å². The van der Waals surface area contributed by atoms with Crippen molar-refractivity contribution in [3.63, 3.8) is 0 Å². The van der Waals surface area contributed by atoms with Gasteiger partial charge in [0.05, 0.1) is 10.8 Å². The first-order chi connectivity index (χ1) is 9.06. The summed E-state index contributed by atoms with van der Waals surface area (Å²) in [5.41, 5.74) is 1.05. The fourth-order valence-electron chi connectivity index (χ4n) is 2.51. The van der Waals surface area contributed by atoms with Gasteiger partial charge >= 0.3 is 5.97 Å². The van der Waals surface area contributed by atoms with Gasteiger partial charge in [-0.2, -0.15) is 0 Å². The van der Waals surface area contributed by atoms with Crippen LogP contribution in [0.5, 0.6) is 0 Å². The SMILES string of the molecule is CCN(CC)C(=O)c1cc2c(s1)CC[C@@H](C(=O)O)C2. The topological polar surface area (TPSA) is 57.6 Å². The van der Waals surface area contributed by atoms with Crippen LogP contribution in [0.3, 0.4) is 0 Å². The van der Waals surface area contributed by atoms with E-state index in [2.05, 4.69) is 0 Å². The van der Waals surface area contributed by atoms with Crippen LogP contribution in [0.15, 0.2) is 6.07 Å². The van der Waals surface area contributed by atoms with Gasteiger partial charge in [-0.3, -0.25) is 9.59 Å². The van der Waals surface area contributed by atoms with Gasteiger partial charge in [-0.05, 0) is 44.7 Å². The number of carbonyl (C=O) groups is 2. The molecule has 1 aliphatic rings. The Morgan fingerprint density at radius 3 is 2.68 bits per heavy atom. The zero-order valence-corrected chi connectivity index (χ0v) is 12.1. The van der Waals surface area contributed by atoms with Gasteiger partial charge in [0.25, 0.3) is 5.91 Å². The molecule has 1 heterocycles. The molecule has 1 atom stereocenters. The highest BCUT2D eigenvalue weighted by Crippen LogP contribution is 2.33. The molecule has 2 rings (SSSR count). The van der Waals surface area contributed by atoms with E-state index in [1.165, 1.54) is 16.2 Å². The molecule has 1 aliphatic carbocycles. The van der Waals surface area contributed by atoms with Crippen LogP contribution in [-0.2, 0) is 17.6 Å². The molecule has 0 spiro atoms. The Balaban J connectivity index is 2.19. The van der Waals surface area contributed by atoms with E-state index in [1.807, 2.05) is 19.9 Å². The molecular formula is C14H19NO3S. The standard InChI is InChI=1S/C14H19NO3S/c1-3-15(4-2)13(16)12-8-10-7-9(14(17)18)5-6-11(10)19-12/h8-9H,3-7H2,1-2H3,(H,17,18)/t9-/m1/s1. The second kappa shape index (κ2) is 5.74. The van der Waals surface area contributed by atoms with Gasteiger partial charge in [-0.25, -0.2) is 0 Å². The molecule has 0 fully saturated rings. The summed E-state index contributed by atoms with van der Waals surface area (Å²) in [5.74, 6) is -0.955. The van der Waals surface area contributed by atoms with Crippen LogP contribution in [0.2, 0.25) is 0 Å². The first-order valence-electron chi connectivity index (χ1n) is 6.70. The lowest BCUT2D eigenvalue weighted by Crippen LogP contribution is -2.29. The number of hydrogen-bond donors (Lipinski definition) is 1. The minimum absolute atomic E-state index is 0.0660. The molecule has 0 saturated heterocycles. The van der Waals surface area contributed by atoms with E-state index >= 15 is 0 Å². The van der Waals surface area contributed by atoms with E-state index in [4.69, 9.17) is 5.11 Å². The predicted octanol–water partition coefficient (Wildman–Crippen LogP) is 2.42. The highest BCUT2D eigenvalue weighted by molar-refractivity contribution is 7.14. The number of rotatable bonds is 4. The molecule has 0 aromatic carbocycles. The first kappa shape index (κ1) is 14.1. The van der Waals surface area contributed by atoms with Crippen molar-refractivity contribution < 1.29 is 14.7 Å². The number of aliphatic carboxylic acids is 1. The summed E-state index contributed by atoms with van der Waals surface area (Å²) >= 11 is 1.53. The molecule has 1 aromatic heterocycles. The van der Waals surface area contributed by atoms with Crippen LogP contribution in [0.1, 0.15) is 40.4 Å². The molecule has 0 saturated carbocycles. The summed E-state index contributed by atoms with van der Waals surface area (Å²) in [6, 6.07) is 1.90. The molecule has 4 nitrogen and oxygen atoms in total. The Morgan fingerprint density at radius 2 is 2.11 bits per heavy atom. The van der Waals surface area contributed by atoms with Crippen LogP contribution in [0, 0.1) is 5.92 Å². The van der Waals surface area contributed by atoms with Crippen molar-refractivity contribution in [1.82, 2.24) is 4.90 Å². The second-order valence-electron chi connectivity index (χ2n) is 4.81. The summed E-state index contributed by atoms with van der Waals surface area (Å²) in [5, 5.41) is 9.07. The lowest BCUT2D eigenvalue weighted by atomic mass is 9.88. The van der Waals surface area contributed by atoms with Crippen LogP contribution in [0.25, 0.3) is 0 Å². The van der Waals surface area contributed by atoms with Gasteiger partial charge in [-0.1, -0.05) is 0 Å². The summed E-state index contributed by atoms with van der Waals surface area (Å²) in [4.78, 5) is 27.0. The Bertz CT molecular complexity index is 491. The number of hydrogen-bond acceptors (Lipinski definition) is 3. The van der Waals surface area contributed by atoms with E-state index < -0.39 is 5.97 Å². The lowest BCUT2D eigenvalue weighted by molar-refractivity contribution is -0.142. The number of aryl methyl sites for hydroxylation is 1. The first-order valence-corrected chi connectivity index (χ1v) is 7.52. The van der Waals surface area contributed by atoms with Gasteiger partial charge in [0.1, 0.15) is 0 Å². The van der Waals surface area contributed by atoms with Gasteiger partial charge in [0.2, 0.25) is 0 Å². The van der Waals surface area contributed by atoms with Gasteiger partial charge < -0.3 is 10.0 Å². The van der Waals surface area contributed by atoms with Crippen molar-refractivity contribution in [1.29, 1.82) is 0 Å². The number of nitrogens with zero attached hydrogens (tertiary/aromatic N) is 1. The minimum atomic E-state index is -0.728. The molecule has 19 heavy (non-hydrogen) atoms. The summed E-state index contributed by atoms with van der Waals surface area (Å²) in [6.45, 7) is 5.34. The maximum absolute atomic E-state index is 12.3. The van der Waals surface area contributed by atoms with E-state index in [0.717, 1.165) is 16.9 Å². The van der Waals surface area contributed by atoms with Crippen LogP contribution < -0.4 is 0 Å². The fraction of sp³-hybridized carbons (Fsp3) is 0.571. The smallest absolute Gasteiger partial charge is 0.306 e. The number of carbonyl (C=O) groups excluding carboxylic acids is 1. The van der Waals surface area contributed by atoms with Crippen molar-refractivity contribution in [3.8, 4) is 0 Å². The zero-order valence-electron chi connectivity index (χ0n) is 11.3. The molecule has 5 heteroatoms. The molecule has 104 valence electrons. The Labute approximate surface area is 117 Å². The number of amides is 1. The van der Waals surface area contributed by atoms with Crippen molar-refractivity contribution in [3.05, 3.63) is 21.4 Å². The van der Waals surface area contributed by atoms with Gasteiger partial charge in [-0.15, -0.1) is 11.3 Å². The van der Waals surface area contributed by atoms with Crippen molar-refractivity contribution in [2.75, 3.05) is 13.1 Å². The maximum Gasteiger partial charge on any atom is 0.306 e. The third-order valence-corrected chi connectivity index (χ3v) is 4.92. The normalized spacial score (nSPS) is 17.9. The van der Waals surface area contributed by atoms with Crippen LogP contribution in [0.4, 0.5) is 0 Å². The van der Waals surface area contributed by atoms with E-state index in [9.17, 15) is 9.59 Å². The summed E-state index contributed by atoms with van der Waals surface area (Å²) in [6.07, 6.45) is 2.02. The van der Waals surface area contributed by atoms with Crippen molar-refractivity contribution in [2.45, 2.75) is 33.1 Å². The average molecular weight is 281 g/mol. The molecule has 0 aliphatic heterocycles. The summed E-state index contributed by atoms with van der Waals surface area (Å²) in [7, 11) is 0. The Morgan fingerprint density at radius 1 is 1.42 bits per heavy atom. The van der Waals surface area contributed by atoms with Gasteiger partial charge in [0, 0.05) is 18.0 Å². The largest absolute Gasteiger partial charge is 0.481 e. The van der Waals surface area contributed by atoms with Gasteiger partial charge in [0.15, 0.2) is 0 Å². The minimum Gasteiger partial charge on any atom is -0.481 e. The fourth-order valence-corrected chi connectivity index (χ4v) is 3.68. The number of fused-ring (bicyclic) bond motifs is 1. The summed E-state index contributed by atoms with van der Waals surface area (Å²) < 4.78 is 0. The molecule has 0 unspecified atom stereocenters. The highest BCUT2D eigenvalue weighted by Gasteiger charge is 2.27. The average Bonchev–Trinajstić information content (AvgIpc) is 2.82. The second-order valence-corrected chi connectivity index (χ2v) is 5.95. The Kier molecular flexibility index (Phi) is 4.24. The Hall–Kier alpha value is -1.36. The molecule has 0 bridgehead atoms. The molecule has 1 amide bonds. The predicted molar refractivity (Wildman–Crippen MR) is 74.7 cm³/mol. The quantitative estimate of drug-likeness (QED) is 0.922. The third kappa shape index (κ3) is 2.81. The molecular weight excluding hydrogens is 262 g/mol. The van der Waals surface area contributed by atoms with Crippen molar-refractivity contribution >= 4 is 23.2 Å². The molecule has 1 aromatic rings. The molecule has 0 radical (unpaired) electrons. The highest BCUT2D eigenvalue weighted by atomic mass is 32.1. The monoisotopic (exact) mass is 281 g/mol. The van der Waals surface area contributed by atoms with E-state index in [0.29, 0.717) is 25.9 Å².